The van der Waals surface area contributed by atoms with Crippen LogP contribution in [0.25, 0.3) is 10.9 Å². The number of nitrogens with one attached hydrogen (secondary N) is 1. The lowest BCUT2D eigenvalue weighted by molar-refractivity contribution is -0.139. The summed E-state index contributed by atoms with van der Waals surface area (Å²) in [5, 5.41) is 3.42. The van der Waals surface area contributed by atoms with Gasteiger partial charge < -0.3 is 10.1 Å². The van der Waals surface area contributed by atoms with E-state index >= 15 is 4.39 Å². The van der Waals surface area contributed by atoms with Crippen molar-refractivity contribution >= 4 is 32.4 Å². The van der Waals surface area contributed by atoms with Gasteiger partial charge >= 0.3 is 6.18 Å². The Labute approximate surface area is 199 Å². The highest BCUT2D eigenvalue weighted by Gasteiger charge is 2.36. The quantitative estimate of drug-likeness (QED) is 0.473. The van der Waals surface area contributed by atoms with Crippen LogP contribution >= 0.6 is 0 Å². The van der Waals surface area contributed by atoms with Crippen molar-refractivity contribution in [2.45, 2.75) is 38.4 Å². The van der Waals surface area contributed by atoms with Gasteiger partial charge in [0.15, 0.2) is 0 Å². The molecule has 1 fully saturated rings. The Bertz CT molecular complexity index is 1410. The van der Waals surface area contributed by atoms with Crippen molar-refractivity contribution in [2.24, 2.45) is 0 Å². The molecule has 3 heterocycles. The van der Waals surface area contributed by atoms with E-state index in [1.807, 2.05) is 6.92 Å². The van der Waals surface area contributed by atoms with Gasteiger partial charge in [-0.15, -0.1) is 0 Å². The molecule has 1 saturated heterocycles. The molecular formula is C23H22F4N4O3S. The Hall–Kier alpha value is -3.15. The number of sulfonamides is 1. The molecular weight excluding hydrogens is 488 g/mol. The fourth-order valence-electron chi connectivity index (χ4n) is 4.38. The molecule has 2 aromatic carbocycles. The Kier molecular flexibility index (Phi) is 5.73. The molecule has 0 saturated carbocycles. The number of hydrogen-bond donors (Lipinski definition) is 1. The van der Waals surface area contributed by atoms with Gasteiger partial charge in [-0.25, -0.2) is 22.8 Å². The highest BCUT2D eigenvalue weighted by molar-refractivity contribution is 7.93. The van der Waals surface area contributed by atoms with Crippen LogP contribution in [0.1, 0.15) is 42.6 Å². The van der Waals surface area contributed by atoms with Gasteiger partial charge in [-0.2, -0.15) is 13.2 Å². The molecule has 0 aliphatic carbocycles. The minimum absolute atomic E-state index is 0.0120. The summed E-state index contributed by atoms with van der Waals surface area (Å²) in [6, 6.07) is 6.37. The molecule has 2 bridgehead atoms. The fraction of sp³-hybridized carbons (Fsp3) is 0.391. The maximum atomic E-state index is 15.0. The number of fused-ring (bicyclic) bond motifs is 5. The largest absolute Gasteiger partial charge is 0.493 e. The molecule has 2 aliphatic heterocycles. The van der Waals surface area contributed by atoms with E-state index in [0.29, 0.717) is 24.1 Å². The summed E-state index contributed by atoms with van der Waals surface area (Å²) in [7, 11) is -3.63. The van der Waals surface area contributed by atoms with Crippen molar-refractivity contribution in [3.63, 3.8) is 0 Å². The van der Waals surface area contributed by atoms with Crippen LogP contribution < -0.4 is 14.4 Å². The van der Waals surface area contributed by atoms with Gasteiger partial charge in [0.1, 0.15) is 23.2 Å². The van der Waals surface area contributed by atoms with Crippen molar-refractivity contribution in [2.75, 3.05) is 28.5 Å². The zero-order chi connectivity index (χ0) is 25.0. The number of alkyl halides is 3. The molecule has 1 atom stereocenters. The molecule has 1 N–H and O–H groups in total. The number of rotatable bonds is 1. The summed E-state index contributed by atoms with van der Waals surface area (Å²) < 4.78 is 87.3. The van der Waals surface area contributed by atoms with Crippen LogP contribution in [0.5, 0.6) is 5.75 Å². The van der Waals surface area contributed by atoms with Crippen molar-refractivity contribution in [3.05, 3.63) is 53.1 Å². The lowest BCUT2D eigenvalue weighted by atomic mass is 10.1. The molecule has 2 aliphatic rings. The number of nitrogens with zero attached hydrogens (tertiary/aromatic N) is 3. The smallest absolute Gasteiger partial charge is 0.419 e. The average molecular weight is 511 g/mol. The molecule has 0 radical (unpaired) electrons. The summed E-state index contributed by atoms with van der Waals surface area (Å²) in [4.78, 5) is 9.04. The number of benzene rings is 2. The first-order valence-corrected chi connectivity index (χ1v) is 12.7. The number of para-hydroxylation sites is 1. The second kappa shape index (κ2) is 8.51. The molecule has 1 unspecified atom stereocenters. The van der Waals surface area contributed by atoms with Crippen LogP contribution in [0.3, 0.4) is 0 Å². The molecule has 3 aromatic rings. The van der Waals surface area contributed by atoms with Gasteiger partial charge in [0.2, 0.25) is 10.0 Å². The minimum atomic E-state index is -4.59. The highest BCUT2D eigenvalue weighted by atomic mass is 32.2. The zero-order valence-electron chi connectivity index (χ0n) is 18.7. The van der Waals surface area contributed by atoms with Crippen molar-refractivity contribution < 1.29 is 30.7 Å². The first-order valence-electron chi connectivity index (χ1n) is 11.1. The molecule has 12 heteroatoms. The summed E-state index contributed by atoms with van der Waals surface area (Å²) >= 11 is 0. The minimum Gasteiger partial charge on any atom is -0.493 e. The number of halogens is 4. The lowest BCUT2D eigenvalue weighted by Gasteiger charge is -2.20. The van der Waals surface area contributed by atoms with Gasteiger partial charge in [-0.3, -0.25) is 4.31 Å². The SMILES string of the molecule is CC1CCOc2c(cccc2C(F)(F)F)CNc2nc1nc1cc(F)c(N3CCCS3(=O)=O)cc21. The van der Waals surface area contributed by atoms with E-state index in [2.05, 4.69) is 15.3 Å². The van der Waals surface area contributed by atoms with Crippen molar-refractivity contribution in [1.29, 1.82) is 0 Å². The van der Waals surface area contributed by atoms with Gasteiger partial charge in [0.05, 0.1) is 29.1 Å². The third-order valence-electron chi connectivity index (χ3n) is 6.24. The third kappa shape index (κ3) is 4.35. The second-order valence-electron chi connectivity index (χ2n) is 8.68. The van der Waals surface area contributed by atoms with E-state index in [1.165, 1.54) is 24.3 Å². The van der Waals surface area contributed by atoms with E-state index in [-0.39, 0.29) is 59.7 Å². The molecule has 186 valence electrons. The number of ether oxygens (including phenoxy) is 1. The zero-order valence-corrected chi connectivity index (χ0v) is 19.5. The monoisotopic (exact) mass is 510 g/mol. The van der Waals surface area contributed by atoms with E-state index in [0.717, 1.165) is 10.4 Å². The van der Waals surface area contributed by atoms with Gasteiger partial charge in [0.25, 0.3) is 0 Å². The van der Waals surface area contributed by atoms with Crippen LogP contribution in [-0.2, 0) is 22.7 Å². The first-order chi connectivity index (χ1) is 16.5. The second-order valence-corrected chi connectivity index (χ2v) is 10.7. The molecule has 7 nitrogen and oxygen atoms in total. The predicted octanol–water partition coefficient (Wildman–Crippen LogP) is 4.83. The predicted molar refractivity (Wildman–Crippen MR) is 123 cm³/mol. The van der Waals surface area contributed by atoms with Crippen LogP contribution in [0.2, 0.25) is 0 Å². The Balaban J connectivity index is 1.64. The van der Waals surface area contributed by atoms with Crippen molar-refractivity contribution in [3.8, 4) is 5.75 Å². The maximum absolute atomic E-state index is 15.0. The average Bonchev–Trinajstić information content (AvgIpc) is 3.13. The number of anilines is 2. The van der Waals surface area contributed by atoms with E-state index in [1.54, 1.807) is 0 Å². The molecule has 0 spiro atoms. The maximum Gasteiger partial charge on any atom is 0.419 e. The van der Waals surface area contributed by atoms with Crippen LogP contribution in [0, 0.1) is 5.82 Å². The summed E-state index contributed by atoms with van der Waals surface area (Å²) in [5.74, 6) is -0.672. The lowest BCUT2D eigenvalue weighted by Crippen LogP contribution is -2.26. The van der Waals surface area contributed by atoms with Gasteiger partial charge in [-0.1, -0.05) is 19.1 Å². The summed E-state index contributed by atoms with van der Waals surface area (Å²) in [5.41, 5.74) is -0.413. The topological polar surface area (TPSA) is 84.4 Å². The van der Waals surface area contributed by atoms with Crippen LogP contribution in [-0.4, -0.2) is 37.3 Å². The standard InChI is InChI=1S/C23H22F4N4O3S/c1-13-6-8-34-20-14(4-2-5-16(20)23(25,26)27)12-28-22-15-10-19(31-7-3-9-35(31,32)33)17(24)11-18(15)29-21(13)30-22/h2,4-5,10-11,13H,3,6-9,12H2,1H3,(H,28,29,30). The summed E-state index contributed by atoms with van der Waals surface area (Å²) in [6.45, 7) is 1.94. The summed E-state index contributed by atoms with van der Waals surface area (Å²) in [6.07, 6.45) is -3.87. The van der Waals surface area contributed by atoms with E-state index in [4.69, 9.17) is 4.74 Å². The number of hydrogen-bond acceptors (Lipinski definition) is 6. The number of aromatic nitrogens is 2. The van der Waals surface area contributed by atoms with Crippen LogP contribution in [0.4, 0.5) is 29.1 Å². The Morgan fingerprint density at radius 2 is 2.00 bits per heavy atom. The third-order valence-corrected chi connectivity index (χ3v) is 8.09. The fourth-order valence-corrected chi connectivity index (χ4v) is 5.94. The first kappa shape index (κ1) is 23.6. The Morgan fingerprint density at radius 3 is 2.71 bits per heavy atom. The normalized spacial score (nSPS) is 20.0. The van der Waals surface area contributed by atoms with E-state index in [9.17, 15) is 21.6 Å². The van der Waals surface area contributed by atoms with Crippen LogP contribution in [0.15, 0.2) is 30.3 Å². The Morgan fingerprint density at radius 1 is 1.20 bits per heavy atom. The molecule has 35 heavy (non-hydrogen) atoms. The molecule has 5 rings (SSSR count). The molecule has 0 amide bonds. The van der Waals surface area contributed by atoms with E-state index < -0.39 is 27.6 Å². The molecule has 1 aromatic heterocycles. The van der Waals surface area contributed by atoms with Crippen molar-refractivity contribution in [1.82, 2.24) is 9.97 Å². The highest BCUT2D eigenvalue weighted by Crippen LogP contribution is 2.40. The van der Waals surface area contributed by atoms with Gasteiger partial charge in [-0.05, 0) is 25.0 Å². The van der Waals surface area contributed by atoms with Gasteiger partial charge in [0, 0.05) is 36.0 Å².